The highest BCUT2D eigenvalue weighted by Crippen LogP contribution is 2.41. The van der Waals surface area contributed by atoms with Gasteiger partial charge in [-0.3, -0.25) is 4.57 Å². The first-order valence-electron chi connectivity index (χ1n) is 11.4. The molecule has 0 aliphatic carbocycles. The van der Waals surface area contributed by atoms with E-state index in [1.807, 2.05) is 6.92 Å². The molecule has 0 fully saturated rings. The normalized spacial score (nSPS) is 13.1. The highest BCUT2D eigenvalue weighted by atomic mass is 31.2. The van der Waals surface area contributed by atoms with Gasteiger partial charge >= 0.3 is 0 Å². The van der Waals surface area contributed by atoms with Crippen LogP contribution in [0.15, 0.2) is 0 Å². The Hall–Kier alpha value is -0.570. The molecule has 0 spiro atoms. The highest BCUT2D eigenvalue weighted by Gasteiger charge is 2.14. The largest absolute Gasteiger partial charge is 0.378 e. The second kappa shape index (κ2) is 26.0. The van der Waals surface area contributed by atoms with Gasteiger partial charge in [0.2, 0.25) is 7.37 Å². The molecule has 10 nitrogen and oxygen atoms in total. The lowest BCUT2D eigenvalue weighted by Gasteiger charge is -2.12. The van der Waals surface area contributed by atoms with Crippen LogP contribution in [0.25, 0.3) is 0 Å². The minimum atomic E-state index is -2.51. The fourth-order valence-electron chi connectivity index (χ4n) is 2.24. The number of hydrogen-bond donors (Lipinski definition) is 0. The van der Waals surface area contributed by atoms with Crippen molar-refractivity contribution in [2.24, 2.45) is 0 Å². The van der Waals surface area contributed by atoms with E-state index in [1.165, 1.54) is 0 Å². The first-order valence-corrected chi connectivity index (χ1v) is 13.6. The second-order valence-corrected chi connectivity index (χ2v) is 9.43. The first-order chi connectivity index (χ1) is 16.1. The van der Waals surface area contributed by atoms with Crippen LogP contribution < -0.4 is 0 Å². The van der Waals surface area contributed by atoms with Crippen molar-refractivity contribution in [3.05, 3.63) is 0 Å². The van der Waals surface area contributed by atoms with E-state index in [-0.39, 0.29) is 0 Å². The summed E-state index contributed by atoms with van der Waals surface area (Å²) in [4.78, 5) is 0. The van der Waals surface area contributed by atoms with E-state index in [0.717, 1.165) is 0 Å². The molecule has 196 valence electrons. The molecule has 0 bridgehead atoms. The molecule has 0 saturated carbocycles. The maximum absolute atomic E-state index is 11.9. The number of rotatable bonds is 27. The van der Waals surface area contributed by atoms with Gasteiger partial charge in [0.1, 0.15) is 6.61 Å². The van der Waals surface area contributed by atoms with E-state index < -0.39 is 7.37 Å². The third kappa shape index (κ3) is 27.6. The average molecular weight is 499 g/mol. The molecular weight excluding hydrogens is 455 g/mol. The van der Waals surface area contributed by atoms with Crippen molar-refractivity contribution in [3.63, 3.8) is 0 Å². The predicted molar refractivity (Wildman–Crippen MR) is 125 cm³/mol. The number of ether oxygens (including phenoxy) is 8. The van der Waals surface area contributed by atoms with E-state index in [4.69, 9.17) is 48.8 Å². The van der Waals surface area contributed by atoms with E-state index in [0.29, 0.717) is 118 Å². The van der Waals surface area contributed by atoms with Crippen LogP contribution in [0.3, 0.4) is 0 Å². The summed E-state index contributed by atoms with van der Waals surface area (Å²) in [6, 6.07) is 0. The van der Waals surface area contributed by atoms with Crippen molar-refractivity contribution in [3.8, 4) is 12.3 Å². The molecule has 33 heavy (non-hydrogen) atoms. The van der Waals surface area contributed by atoms with Crippen molar-refractivity contribution in [1.82, 2.24) is 0 Å². The van der Waals surface area contributed by atoms with E-state index in [1.54, 1.807) is 6.66 Å². The summed E-state index contributed by atoms with van der Waals surface area (Å²) in [5.41, 5.74) is 0. The van der Waals surface area contributed by atoms with Crippen LogP contribution in [0, 0.1) is 12.3 Å². The first kappa shape index (κ1) is 32.4. The quantitative estimate of drug-likeness (QED) is 0.0945. The van der Waals surface area contributed by atoms with Crippen molar-refractivity contribution >= 4 is 7.37 Å². The molecule has 0 rings (SSSR count). The Morgan fingerprint density at radius 3 is 1.18 bits per heavy atom. The lowest BCUT2D eigenvalue weighted by Crippen LogP contribution is -2.15. The van der Waals surface area contributed by atoms with Gasteiger partial charge in [-0.05, 0) is 6.92 Å². The fraction of sp³-hybridized carbons (Fsp3) is 0.909. The number of terminal acetylenes is 1. The SMILES string of the molecule is C#CCOCCOCCOCCOCCOCCOCCOCCOCCP(C)(=O)OCC. The fourth-order valence-corrected chi connectivity index (χ4v) is 3.37. The third-order valence-corrected chi connectivity index (χ3v) is 5.63. The van der Waals surface area contributed by atoms with Crippen LogP contribution in [-0.4, -0.2) is 125 Å². The Balaban J connectivity index is 3.09. The second-order valence-electron chi connectivity index (χ2n) is 6.70. The molecule has 0 aromatic heterocycles. The van der Waals surface area contributed by atoms with Crippen LogP contribution in [0.2, 0.25) is 0 Å². The molecule has 0 aromatic carbocycles. The van der Waals surface area contributed by atoms with Gasteiger partial charge in [0.05, 0.1) is 106 Å². The molecule has 0 saturated heterocycles. The van der Waals surface area contributed by atoms with Gasteiger partial charge in [0.15, 0.2) is 0 Å². The van der Waals surface area contributed by atoms with Gasteiger partial charge in [-0.2, -0.15) is 0 Å². The van der Waals surface area contributed by atoms with Crippen molar-refractivity contribution in [2.45, 2.75) is 6.92 Å². The Labute approximate surface area is 199 Å². The molecule has 0 radical (unpaired) electrons. The third-order valence-electron chi connectivity index (χ3n) is 3.83. The summed E-state index contributed by atoms with van der Waals surface area (Å²) in [5, 5.41) is 0. The van der Waals surface area contributed by atoms with Crippen molar-refractivity contribution in [1.29, 1.82) is 0 Å². The van der Waals surface area contributed by atoms with Crippen molar-refractivity contribution in [2.75, 3.05) is 125 Å². The highest BCUT2D eigenvalue weighted by molar-refractivity contribution is 7.58. The minimum absolute atomic E-state index is 0.308. The van der Waals surface area contributed by atoms with Crippen LogP contribution in [0.1, 0.15) is 6.92 Å². The Bertz CT molecular complexity index is 486. The van der Waals surface area contributed by atoms with Gasteiger partial charge in [0.25, 0.3) is 0 Å². The van der Waals surface area contributed by atoms with Crippen LogP contribution >= 0.6 is 7.37 Å². The van der Waals surface area contributed by atoms with Gasteiger partial charge in [-0.25, -0.2) is 0 Å². The summed E-state index contributed by atoms with van der Waals surface area (Å²) >= 11 is 0. The zero-order valence-electron chi connectivity index (χ0n) is 20.3. The molecule has 0 heterocycles. The van der Waals surface area contributed by atoms with E-state index >= 15 is 0 Å². The Morgan fingerprint density at radius 1 is 0.576 bits per heavy atom. The molecule has 0 aliphatic rings. The molecule has 0 aliphatic heterocycles. The van der Waals surface area contributed by atoms with Crippen molar-refractivity contribution < 1.29 is 47.0 Å². The van der Waals surface area contributed by atoms with E-state index in [2.05, 4.69) is 5.92 Å². The maximum Gasteiger partial charge on any atom is 0.202 e. The molecule has 0 aromatic rings. The van der Waals surface area contributed by atoms with Crippen LogP contribution in [-0.2, 0) is 47.0 Å². The molecule has 1 atom stereocenters. The van der Waals surface area contributed by atoms with Crippen LogP contribution in [0.4, 0.5) is 0 Å². The van der Waals surface area contributed by atoms with Gasteiger partial charge < -0.3 is 42.4 Å². The zero-order valence-corrected chi connectivity index (χ0v) is 21.2. The molecule has 1 unspecified atom stereocenters. The molecule has 0 N–H and O–H groups in total. The van der Waals surface area contributed by atoms with E-state index in [9.17, 15) is 4.57 Å². The summed E-state index contributed by atoms with van der Waals surface area (Å²) in [7, 11) is -2.51. The lowest BCUT2D eigenvalue weighted by atomic mass is 10.6. The molecule has 0 amide bonds. The average Bonchev–Trinajstić information content (AvgIpc) is 2.79. The summed E-state index contributed by atoms with van der Waals surface area (Å²) < 4.78 is 59.9. The minimum Gasteiger partial charge on any atom is -0.378 e. The summed E-state index contributed by atoms with van der Waals surface area (Å²) in [5.74, 6) is 2.39. The summed E-state index contributed by atoms with van der Waals surface area (Å²) in [6.07, 6.45) is 5.48. The maximum atomic E-state index is 11.9. The smallest absolute Gasteiger partial charge is 0.202 e. The van der Waals surface area contributed by atoms with Gasteiger partial charge in [-0.15, -0.1) is 6.42 Å². The topological polar surface area (TPSA) is 100 Å². The van der Waals surface area contributed by atoms with Crippen LogP contribution in [0.5, 0.6) is 0 Å². The van der Waals surface area contributed by atoms with Gasteiger partial charge in [0, 0.05) is 12.8 Å². The zero-order chi connectivity index (χ0) is 24.3. The molecule has 11 heteroatoms. The standard InChI is InChI=1S/C22H43O10P/c1-4-6-24-7-8-25-9-10-26-11-12-27-13-14-28-15-16-29-17-18-30-19-20-31-21-22-33(3,23)32-5-2/h1H,5-22H2,2-3H3. The Morgan fingerprint density at radius 2 is 0.879 bits per heavy atom. The predicted octanol–water partition coefficient (Wildman–Crippen LogP) is 1.70. The molecular formula is C22H43O10P. The monoisotopic (exact) mass is 498 g/mol. The number of hydrogen-bond acceptors (Lipinski definition) is 10. The van der Waals surface area contributed by atoms with Gasteiger partial charge in [-0.1, -0.05) is 5.92 Å². The summed E-state index contributed by atoms with van der Waals surface area (Å²) in [6.45, 7) is 11.6. The lowest BCUT2D eigenvalue weighted by molar-refractivity contribution is -0.0222. The Kier molecular flexibility index (Phi) is 25.6.